The van der Waals surface area contributed by atoms with Gasteiger partial charge in [0.25, 0.3) is 5.91 Å². The molecule has 8 heteroatoms. The number of para-hydroxylation sites is 1. The van der Waals surface area contributed by atoms with Gasteiger partial charge in [-0.05, 0) is 48.9 Å². The molecule has 1 amide bonds. The van der Waals surface area contributed by atoms with Crippen molar-refractivity contribution in [2.75, 3.05) is 30.9 Å². The van der Waals surface area contributed by atoms with Crippen molar-refractivity contribution in [3.05, 3.63) is 102 Å². The summed E-state index contributed by atoms with van der Waals surface area (Å²) in [6.07, 6.45) is 1.69. The van der Waals surface area contributed by atoms with Crippen LogP contribution in [0.4, 0.5) is 5.69 Å². The summed E-state index contributed by atoms with van der Waals surface area (Å²) >= 11 is -1.49. The van der Waals surface area contributed by atoms with Crippen molar-refractivity contribution in [3.8, 4) is 0 Å². The monoisotopic (exact) mass is 512 g/mol. The lowest BCUT2D eigenvalue weighted by Crippen LogP contribution is -2.48. The molecule has 0 saturated carbocycles. The molecule has 0 aliphatic carbocycles. The average Bonchev–Trinajstić information content (AvgIpc) is 2.93. The molecule has 1 atom stereocenters. The Hall–Kier alpha value is -3.72. The van der Waals surface area contributed by atoms with Crippen molar-refractivity contribution in [3.63, 3.8) is 0 Å². The van der Waals surface area contributed by atoms with Gasteiger partial charge in [0.05, 0.1) is 5.69 Å². The normalized spacial score (nSPS) is 14.9. The number of anilines is 1. The predicted molar refractivity (Wildman–Crippen MR) is 146 cm³/mol. The predicted octanol–water partition coefficient (Wildman–Crippen LogP) is 4.53. The minimum Gasteiger partial charge on any atom is -0.588 e. The van der Waals surface area contributed by atoms with E-state index in [-0.39, 0.29) is 11.7 Å². The number of hydrogen-bond acceptors (Lipinski definition) is 6. The number of hydrogen-bond donors (Lipinski definition) is 1. The fourth-order valence-corrected chi connectivity index (χ4v) is 5.61. The van der Waals surface area contributed by atoms with Crippen LogP contribution in [0.5, 0.6) is 0 Å². The second kappa shape index (κ2) is 11.1. The van der Waals surface area contributed by atoms with E-state index in [0.29, 0.717) is 41.3 Å². The lowest BCUT2D eigenvalue weighted by atomic mass is 10.0. The Morgan fingerprint density at radius 3 is 2.41 bits per heavy atom. The van der Waals surface area contributed by atoms with Gasteiger partial charge < -0.3 is 9.45 Å². The van der Waals surface area contributed by atoms with E-state index in [0.717, 1.165) is 29.6 Å². The summed E-state index contributed by atoms with van der Waals surface area (Å²) in [5.41, 5.74) is 3.74. The molecule has 37 heavy (non-hydrogen) atoms. The third-order valence-corrected chi connectivity index (χ3v) is 7.74. The highest BCUT2D eigenvalue weighted by atomic mass is 32.2. The fourth-order valence-electron chi connectivity index (χ4n) is 4.60. The Morgan fingerprint density at radius 1 is 0.919 bits per heavy atom. The van der Waals surface area contributed by atoms with Gasteiger partial charge in [-0.3, -0.25) is 19.5 Å². The molecule has 0 spiro atoms. The Bertz CT molecular complexity index is 1410. The van der Waals surface area contributed by atoms with Crippen molar-refractivity contribution < 1.29 is 14.1 Å². The van der Waals surface area contributed by atoms with E-state index in [1.54, 1.807) is 43.5 Å². The lowest BCUT2D eigenvalue weighted by molar-refractivity contribution is 0.0628. The minimum atomic E-state index is -1.49. The second-order valence-corrected chi connectivity index (χ2v) is 10.2. The van der Waals surface area contributed by atoms with Gasteiger partial charge in [0.1, 0.15) is 16.9 Å². The van der Waals surface area contributed by atoms with Gasteiger partial charge in [0.2, 0.25) is 4.90 Å². The van der Waals surface area contributed by atoms with E-state index >= 15 is 0 Å². The smallest absolute Gasteiger partial charge is 0.253 e. The van der Waals surface area contributed by atoms with Gasteiger partial charge in [-0.25, -0.2) is 4.72 Å². The molecule has 1 aliphatic heterocycles. The molecule has 1 unspecified atom stereocenters. The number of ketones is 1. The molecular formula is C29H28N4O3S. The number of carbonyl (C=O) groups is 2. The minimum absolute atomic E-state index is 0.0188. The largest absolute Gasteiger partial charge is 0.588 e. The molecule has 3 aromatic carbocycles. The van der Waals surface area contributed by atoms with E-state index in [1.165, 1.54) is 0 Å². The molecule has 1 saturated heterocycles. The van der Waals surface area contributed by atoms with Crippen LogP contribution in [0, 0.1) is 0 Å². The van der Waals surface area contributed by atoms with Crippen molar-refractivity contribution in [1.82, 2.24) is 14.8 Å². The number of carbonyl (C=O) groups excluding carboxylic acids is 2. The van der Waals surface area contributed by atoms with Crippen LogP contribution in [0.25, 0.3) is 10.9 Å². The highest BCUT2D eigenvalue weighted by Crippen LogP contribution is 2.24. The van der Waals surface area contributed by atoms with Crippen molar-refractivity contribution in [2.24, 2.45) is 0 Å². The maximum atomic E-state index is 13.1. The SMILES string of the molecule is CC(=O)c1ccccc1CN1CCN(C(=O)c2ccc(N[S+]([O-])c3cccc4cccnc34)cc2)CC1. The molecule has 5 rings (SSSR count). The standard InChI is InChI=1S/C29H28N4O3S/c1-21(34)26-9-3-2-6-24(26)20-32-16-18-33(19-17-32)29(35)23-11-13-25(14-12-23)31-37(36)27-10-4-7-22-8-5-15-30-28(22)27/h2-15,31H,16-20H2,1H3. The molecule has 188 valence electrons. The van der Waals surface area contributed by atoms with Crippen LogP contribution in [0.2, 0.25) is 0 Å². The number of aromatic nitrogens is 1. The molecule has 0 bridgehead atoms. The number of nitrogens with one attached hydrogen (secondary N) is 1. The topological polar surface area (TPSA) is 88.6 Å². The third-order valence-electron chi connectivity index (χ3n) is 6.59. The molecule has 1 aliphatic rings. The summed E-state index contributed by atoms with van der Waals surface area (Å²) < 4.78 is 16.0. The summed E-state index contributed by atoms with van der Waals surface area (Å²) in [4.78, 5) is 34.1. The van der Waals surface area contributed by atoms with Crippen LogP contribution >= 0.6 is 0 Å². The van der Waals surface area contributed by atoms with E-state index < -0.39 is 11.4 Å². The molecule has 2 heterocycles. The molecule has 0 radical (unpaired) electrons. The summed E-state index contributed by atoms with van der Waals surface area (Å²) in [5.74, 6) is 0.0506. The van der Waals surface area contributed by atoms with Crippen LogP contribution in [-0.4, -0.2) is 57.2 Å². The average molecular weight is 513 g/mol. The Morgan fingerprint density at radius 2 is 1.65 bits per heavy atom. The Balaban J connectivity index is 1.18. The van der Waals surface area contributed by atoms with Gasteiger partial charge in [0, 0.05) is 55.4 Å². The summed E-state index contributed by atoms with van der Waals surface area (Å²) in [6, 6.07) is 24.2. The van der Waals surface area contributed by atoms with E-state index in [4.69, 9.17) is 0 Å². The van der Waals surface area contributed by atoms with Gasteiger partial charge in [0.15, 0.2) is 5.78 Å². The number of amides is 1. The van der Waals surface area contributed by atoms with Crippen LogP contribution in [0.1, 0.15) is 33.2 Å². The van der Waals surface area contributed by atoms with Crippen molar-refractivity contribution >= 4 is 39.6 Å². The third kappa shape index (κ3) is 5.67. The van der Waals surface area contributed by atoms with Crippen LogP contribution in [-0.2, 0) is 17.9 Å². The number of nitrogens with zero attached hydrogens (tertiary/aromatic N) is 3. The molecular weight excluding hydrogens is 484 g/mol. The Labute approximate surface area is 219 Å². The Kier molecular flexibility index (Phi) is 7.50. The highest BCUT2D eigenvalue weighted by molar-refractivity contribution is 7.93. The molecule has 4 aromatic rings. The summed E-state index contributed by atoms with van der Waals surface area (Å²) in [5, 5.41) is 0.930. The maximum Gasteiger partial charge on any atom is 0.253 e. The van der Waals surface area contributed by atoms with Crippen molar-refractivity contribution in [2.45, 2.75) is 18.4 Å². The first-order valence-corrected chi connectivity index (χ1v) is 13.4. The van der Waals surface area contributed by atoms with Gasteiger partial charge in [-0.2, -0.15) is 0 Å². The van der Waals surface area contributed by atoms with Crippen LogP contribution < -0.4 is 4.72 Å². The van der Waals surface area contributed by atoms with Crippen LogP contribution in [0.15, 0.2) is 90.0 Å². The number of rotatable bonds is 7. The van der Waals surface area contributed by atoms with Gasteiger partial charge in [-0.15, -0.1) is 0 Å². The number of benzene rings is 3. The second-order valence-electron chi connectivity index (χ2n) is 9.06. The highest BCUT2D eigenvalue weighted by Gasteiger charge is 2.23. The van der Waals surface area contributed by atoms with Crippen LogP contribution in [0.3, 0.4) is 0 Å². The first-order chi connectivity index (χ1) is 18.0. The molecule has 1 fully saturated rings. The number of piperazine rings is 1. The number of pyridine rings is 1. The molecule has 1 aromatic heterocycles. The zero-order chi connectivity index (χ0) is 25.8. The molecule has 1 N–H and O–H groups in total. The molecule has 7 nitrogen and oxygen atoms in total. The van der Waals surface area contributed by atoms with E-state index in [1.807, 2.05) is 53.4 Å². The van der Waals surface area contributed by atoms with Gasteiger partial charge in [-0.1, -0.05) is 42.5 Å². The van der Waals surface area contributed by atoms with Gasteiger partial charge >= 0.3 is 0 Å². The first-order valence-electron chi connectivity index (χ1n) is 12.2. The quantitative estimate of drug-likeness (QED) is 0.289. The van der Waals surface area contributed by atoms with E-state index in [2.05, 4.69) is 14.6 Å². The summed E-state index contributed by atoms with van der Waals surface area (Å²) in [7, 11) is 0. The maximum absolute atomic E-state index is 13.1. The van der Waals surface area contributed by atoms with Crippen molar-refractivity contribution in [1.29, 1.82) is 0 Å². The number of Topliss-reactive ketones (excluding diaryl/α,β-unsaturated/α-hetero) is 1. The zero-order valence-electron chi connectivity index (χ0n) is 20.6. The lowest BCUT2D eigenvalue weighted by Gasteiger charge is -2.35. The first kappa shape index (κ1) is 25.0. The fraction of sp³-hybridized carbons (Fsp3) is 0.207. The zero-order valence-corrected chi connectivity index (χ0v) is 21.4. The van der Waals surface area contributed by atoms with E-state index in [9.17, 15) is 14.1 Å². The number of fused-ring (bicyclic) bond motifs is 1. The summed E-state index contributed by atoms with van der Waals surface area (Å²) in [6.45, 7) is 5.03.